The fourth-order valence-corrected chi connectivity index (χ4v) is 2.16. The molecule has 104 valence electrons. The second kappa shape index (κ2) is 5.30. The summed E-state index contributed by atoms with van der Waals surface area (Å²) in [5.41, 5.74) is 9.93. The highest BCUT2D eigenvalue weighted by Gasteiger charge is 2.36. The Labute approximate surface area is 116 Å². The number of hydrogen-bond donors (Lipinski definition) is 3. The maximum atomic E-state index is 11.5. The van der Waals surface area contributed by atoms with Crippen molar-refractivity contribution in [2.75, 3.05) is 0 Å². The van der Waals surface area contributed by atoms with Crippen LogP contribution >= 0.6 is 0 Å². The molecule has 0 aliphatic carbocycles. The highest BCUT2D eigenvalue weighted by atomic mass is 16.4. The molecule has 2 rings (SSSR count). The lowest BCUT2D eigenvalue weighted by molar-refractivity contribution is -0.144. The van der Waals surface area contributed by atoms with Gasteiger partial charge in [0.05, 0.1) is 0 Å². The first-order valence-electron chi connectivity index (χ1n) is 6.23. The molecular formula is C15H16N2O3. The number of carbonyl (C=O) groups excluding carboxylic acids is 1. The van der Waals surface area contributed by atoms with Crippen LogP contribution in [0, 0.1) is 0 Å². The topological polar surface area (TPSA) is 106 Å². The molecule has 0 aromatic heterocycles. The van der Waals surface area contributed by atoms with E-state index in [1.54, 1.807) is 12.1 Å². The lowest BCUT2D eigenvalue weighted by Crippen LogP contribution is -2.45. The van der Waals surface area contributed by atoms with E-state index < -0.39 is 17.4 Å². The van der Waals surface area contributed by atoms with Gasteiger partial charge in [0.15, 0.2) is 0 Å². The van der Waals surface area contributed by atoms with Gasteiger partial charge in [0, 0.05) is 6.42 Å². The molecule has 0 saturated carbocycles. The van der Waals surface area contributed by atoms with Gasteiger partial charge in [-0.15, -0.1) is 0 Å². The average Bonchev–Trinajstić information content (AvgIpc) is 2.44. The number of fused-ring (bicyclic) bond motifs is 1. The number of benzene rings is 2. The van der Waals surface area contributed by atoms with E-state index in [9.17, 15) is 14.7 Å². The molecule has 2 aromatic carbocycles. The maximum absolute atomic E-state index is 11.5. The molecule has 20 heavy (non-hydrogen) atoms. The first kappa shape index (κ1) is 14.0. The Bertz CT molecular complexity index is 669. The van der Waals surface area contributed by atoms with Crippen molar-refractivity contribution in [3.63, 3.8) is 0 Å². The van der Waals surface area contributed by atoms with Crippen LogP contribution in [0.3, 0.4) is 0 Å². The van der Waals surface area contributed by atoms with Crippen molar-refractivity contribution < 1.29 is 14.7 Å². The highest BCUT2D eigenvalue weighted by molar-refractivity contribution is 5.87. The lowest BCUT2D eigenvalue weighted by atomic mass is 9.85. The molecule has 5 nitrogen and oxygen atoms in total. The van der Waals surface area contributed by atoms with E-state index in [0.717, 1.165) is 10.8 Å². The smallest absolute Gasteiger partial charge is 0.328 e. The maximum Gasteiger partial charge on any atom is 0.328 e. The molecule has 0 aliphatic rings. The molecule has 0 spiro atoms. The number of carbonyl (C=O) groups is 2. The van der Waals surface area contributed by atoms with Gasteiger partial charge in [-0.2, -0.15) is 0 Å². The summed E-state index contributed by atoms with van der Waals surface area (Å²) in [6.45, 7) is 0. The zero-order valence-corrected chi connectivity index (χ0v) is 10.9. The largest absolute Gasteiger partial charge is 0.480 e. The second-order valence-electron chi connectivity index (χ2n) is 4.80. The van der Waals surface area contributed by atoms with E-state index in [0.29, 0.717) is 5.56 Å². The summed E-state index contributed by atoms with van der Waals surface area (Å²) < 4.78 is 0. The number of rotatable bonds is 5. The fourth-order valence-electron chi connectivity index (χ4n) is 2.16. The molecule has 0 saturated heterocycles. The van der Waals surface area contributed by atoms with Crippen molar-refractivity contribution in [1.29, 1.82) is 0 Å². The van der Waals surface area contributed by atoms with Crippen molar-refractivity contribution >= 4 is 22.6 Å². The summed E-state index contributed by atoms with van der Waals surface area (Å²) in [5.74, 6) is -1.74. The minimum absolute atomic E-state index is 0.0317. The Balaban J connectivity index is 2.45. The van der Waals surface area contributed by atoms with Gasteiger partial charge in [-0.05, 0) is 28.8 Å². The van der Waals surface area contributed by atoms with E-state index in [4.69, 9.17) is 11.5 Å². The van der Waals surface area contributed by atoms with Crippen molar-refractivity contribution in [1.82, 2.24) is 0 Å². The molecule has 0 fully saturated rings. The SMILES string of the molecule is NC(=O)CCC(N)(C(=O)O)c1ccc2ccccc2c1. The summed E-state index contributed by atoms with van der Waals surface area (Å²) in [6, 6.07) is 12.8. The van der Waals surface area contributed by atoms with Gasteiger partial charge in [0.1, 0.15) is 5.54 Å². The van der Waals surface area contributed by atoms with Crippen LogP contribution in [0.25, 0.3) is 10.8 Å². The number of nitrogens with two attached hydrogens (primary N) is 2. The van der Waals surface area contributed by atoms with Crippen LogP contribution in [0.5, 0.6) is 0 Å². The predicted molar refractivity (Wildman–Crippen MR) is 75.9 cm³/mol. The standard InChI is InChI=1S/C15H16N2O3/c16-13(18)7-8-15(17,14(19)20)12-6-5-10-3-1-2-4-11(10)9-12/h1-6,9H,7-8,17H2,(H2,16,18)(H,19,20). The molecule has 0 bridgehead atoms. The minimum atomic E-state index is -1.61. The van der Waals surface area contributed by atoms with E-state index in [2.05, 4.69) is 0 Å². The Kier molecular flexibility index (Phi) is 3.72. The van der Waals surface area contributed by atoms with Crippen LogP contribution in [0.15, 0.2) is 42.5 Å². The Morgan fingerprint density at radius 2 is 1.75 bits per heavy atom. The molecular weight excluding hydrogens is 256 g/mol. The molecule has 0 heterocycles. The predicted octanol–water partition coefficient (Wildman–Crippen LogP) is 1.34. The number of carboxylic acids is 1. The Morgan fingerprint density at radius 1 is 1.10 bits per heavy atom. The van der Waals surface area contributed by atoms with Crippen LogP contribution in [-0.4, -0.2) is 17.0 Å². The third kappa shape index (κ3) is 2.62. The summed E-state index contributed by atoms with van der Waals surface area (Å²) in [5, 5.41) is 11.3. The zero-order valence-electron chi connectivity index (χ0n) is 10.9. The second-order valence-corrected chi connectivity index (χ2v) is 4.80. The third-order valence-electron chi connectivity index (χ3n) is 3.41. The van der Waals surface area contributed by atoms with Crippen molar-refractivity contribution in [3.05, 3.63) is 48.0 Å². The van der Waals surface area contributed by atoms with Crippen molar-refractivity contribution in [2.24, 2.45) is 11.5 Å². The van der Waals surface area contributed by atoms with Crippen molar-refractivity contribution in [2.45, 2.75) is 18.4 Å². The van der Waals surface area contributed by atoms with Gasteiger partial charge in [-0.3, -0.25) is 4.79 Å². The van der Waals surface area contributed by atoms with Gasteiger partial charge in [-0.1, -0.05) is 36.4 Å². The van der Waals surface area contributed by atoms with Crippen LogP contribution < -0.4 is 11.5 Å². The van der Waals surface area contributed by atoms with Gasteiger partial charge in [-0.25, -0.2) is 4.79 Å². The molecule has 1 atom stereocenters. The van der Waals surface area contributed by atoms with Crippen LogP contribution in [0.4, 0.5) is 0 Å². The first-order valence-corrected chi connectivity index (χ1v) is 6.23. The van der Waals surface area contributed by atoms with Gasteiger partial charge in [0.2, 0.25) is 5.91 Å². The van der Waals surface area contributed by atoms with E-state index in [1.807, 2.05) is 30.3 Å². The van der Waals surface area contributed by atoms with Gasteiger partial charge in [0.25, 0.3) is 0 Å². The van der Waals surface area contributed by atoms with Gasteiger partial charge < -0.3 is 16.6 Å². The van der Waals surface area contributed by atoms with Crippen LogP contribution in [0.2, 0.25) is 0 Å². The zero-order chi connectivity index (χ0) is 14.8. The summed E-state index contributed by atoms with van der Waals surface area (Å²) in [7, 11) is 0. The third-order valence-corrected chi connectivity index (χ3v) is 3.41. The summed E-state index contributed by atoms with van der Waals surface area (Å²) >= 11 is 0. The Hall–Kier alpha value is -2.40. The molecule has 1 amide bonds. The Morgan fingerprint density at radius 3 is 2.35 bits per heavy atom. The minimum Gasteiger partial charge on any atom is -0.480 e. The fraction of sp³-hybridized carbons (Fsp3) is 0.200. The lowest BCUT2D eigenvalue weighted by Gasteiger charge is -2.25. The van der Waals surface area contributed by atoms with E-state index in [-0.39, 0.29) is 12.8 Å². The number of primary amides is 1. The number of carboxylic acid groups (broad SMARTS) is 1. The van der Waals surface area contributed by atoms with E-state index in [1.165, 1.54) is 0 Å². The molecule has 2 aromatic rings. The summed E-state index contributed by atoms with van der Waals surface area (Å²) in [6.07, 6.45) is -0.106. The van der Waals surface area contributed by atoms with Crippen LogP contribution in [0.1, 0.15) is 18.4 Å². The van der Waals surface area contributed by atoms with E-state index >= 15 is 0 Å². The first-order chi connectivity index (χ1) is 9.43. The van der Waals surface area contributed by atoms with Crippen LogP contribution in [-0.2, 0) is 15.1 Å². The van der Waals surface area contributed by atoms with Crippen molar-refractivity contribution in [3.8, 4) is 0 Å². The number of amides is 1. The molecule has 0 radical (unpaired) electrons. The van der Waals surface area contributed by atoms with Gasteiger partial charge >= 0.3 is 5.97 Å². The molecule has 1 unspecified atom stereocenters. The molecule has 5 N–H and O–H groups in total. The quantitative estimate of drug-likeness (QED) is 0.763. The summed E-state index contributed by atoms with van der Waals surface area (Å²) in [4.78, 5) is 22.4. The molecule has 5 heteroatoms. The normalized spacial score (nSPS) is 13.8. The highest BCUT2D eigenvalue weighted by Crippen LogP contribution is 2.27. The number of hydrogen-bond acceptors (Lipinski definition) is 3. The number of aliphatic carboxylic acids is 1. The average molecular weight is 272 g/mol. The molecule has 0 aliphatic heterocycles. The monoisotopic (exact) mass is 272 g/mol.